The van der Waals surface area contributed by atoms with Crippen LogP contribution >= 0.6 is 0 Å². The van der Waals surface area contributed by atoms with E-state index in [0.717, 1.165) is 11.4 Å². The van der Waals surface area contributed by atoms with Crippen molar-refractivity contribution in [2.75, 3.05) is 9.80 Å². The van der Waals surface area contributed by atoms with Gasteiger partial charge in [-0.25, -0.2) is 0 Å². The Labute approximate surface area is 503 Å². The average Bonchev–Trinajstić information content (AvgIpc) is 3.95. The summed E-state index contributed by atoms with van der Waals surface area (Å²) in [6, 6.07) is 70.7. The fraction of sp³-hybridized carbons (Fsp3) is 0.407. The van der Waals surface area contributed by atoms with Crippen molar-refractivity contribution in [2.45, 2.75) is 214 Å². The van der Waals surface area contributed by atoms with Gasteiger partial charge in [0.25, 0.3) is 0 Å². The summed E-state index contributed by atoms with van der Waals surface area (Å²) >= 11 is 0. The molecule has 0 saturated carbocycles. The second-order valence-corrected chi connectivity index (χ2v) is 28.6. The van der Waals surface area contributed by atoms with E-state index in [-0.39, 0.29) is 27.1 Å². The molecule has 0 fully saturated rings. The summed E-state index contributed by atoms with van der Waals surface area (Å²) in [5.41, 5.74) is 23.6. The van der Waals surface area contributed by atoms with Crippen LogP contribution in [0.5, 0.6) is 0 Å². The molecule has 0 heterocycles. The molecule has 8 aromatic carbocycles. The van der Waals surface area contributed by atoms with Gasteiger partial charge >= 0.3 is 0 Å². The fourth-order valence-electron chi connectivity index (χ4n) is 12.9. The Morgan fingerprint density at radius 3 is 0.747 bits per heavy atom. The van der Waals surface area contributed by atoms with Crippen molar-refractivity contribution in [3.05, 3.63) is 215 Å². The topological polar surface area (TPSA) is 6.48 Å². The van der Waals surface area contributed by atoms with E-state index < -0.39 is 0 Å². The van der Waals surface area contributed by atoms with Gasteiger partial charge in [0.1, 0.15) is 0 Å². The van der Waals surface area contributed by atoms with Gasteiger partial charge in [-0.15, -0.1) is 0 Å². The maximum atomic E-state index is 2.62. The molecular formula is C81H100N2. The molecule has 1 aliphatic rings. The van der Waals surface area contributed by atoms with E-state index in [1.165, 1.54) is 179 Å². The molecule has 434 valence electrons. The van der Waals surface area contributed by atoms with Gasteiger partial charge in [-0.3, -0.25) is 0 Å². The minimum atomic E-state index is -0.0729. The lowest BCUT2D eigenvalue weighted by Gasteiger charge is -2.33. The highest BCUT2D eigenvalue weighted by atomic mass is 15.1. The number of hydrogen-bond donors (Lipinski definition) is 0. The first kappa shape index (κ1) is 60.9. The first-order chi connectivity index (χ1) is 39.6. The van der Waals surface area contributed by atoms with Gasteiger partial charge in [0, 0.05) is 39.5 Å². The SMILES string of the molecule is CCCCCCCCC1(CCCCCCCC)c2cc(-c3ccc(N(c4ccc(C(C)(C)C)cc4)c4ccc(C(C)(C)C)cc4)cc3)ccc2-c2ccc(-c3ccc(N(c4ccc(C(C)(C)C)cc4)c4ccc(C(C)(C)C)cc4)cc3)cc21. The quantitative estimate of drug-likeness (QED) is 0.0624. The van der Waals surface area contributed by atoms with Crippen LogP contribution in [0.3, 0.4) is 0 Å². The van der Waals surface area contributed by atoms with Crippen LogP contribution < -0.4 is 9.80 Å². The van der Waals surface area contributed by atoms with E-state index in [0.29, 0.717) is 0 Å². The van der Waals surface area contributed by atoms with Crippen molar-refractivity contribution in [1.82, 2.24) is 0 Å². The third-order valence-corrected chi connectivity index (χ3v) is 18.2. The van der Waals surface area contributed by atoms with Gasteiger partial charge in [0.15, 0.2) is 0 Å². The minimum Gasteiger partial charge on any atom is -0.311 e. The molecule has 0 spiro atoms. The molecule has 9 rings (SSSR count). The lowest BCUT2D eigenvalue weighted by atomic mass is 9.70. The average molecular weight is 1100 g/mol. The maximum absolute atomic E-state index is 2.62. The van der Waals surface area contributed by atoms with Crippen LogP contribution in [0, 0.1) is 0 Å². The molecule has 0 aliphatic heterocycles. The number of nitrogens with zero attached hydrogens (tertiary/aromatic N) is 2. The molecule has 8 aromatic rings. The lowest BCUT2D eigenvalue weighted by molar-refractivity contribution is 0.398. The van der Waals surface area contributed by atoms with Crippen molar-refractivity contribution in [2.24, 2.45) is 0 Å². The number of unbranched alkanes of at least 4 members (excludes halogenated alkanes) is 10. The van der Waals surface area contributed by atoms with E-state index in [2.05, 4.69) is 289 Å². The molecular weight excluding hydrogens is 1000 g/mol. The molecule has 1 aliphatic carbocycles. The van der Waals surface area contributed by atoms with Crippen molar-refractivity contribution < 1.29 is 0 Å². The van der Waals surface area contributed by atoms with E-state index >= 15 is 0 Å². The van der Waals surface area contributed by atoms with Crippen LogP contribution in [0.4, 0.5) is 34.1 Å². The predicted molar refractivity (Wildman–Crippen MR) is 364 cm³/mol. The molecule has 2 nitrogen and oxygen atoms in total. The van der Waals surface area contributed by atoms with Crippen LogP contribution in [-0.2, 0) is 27.1 Å². The van der Waals surface area contributed by atoms with Crippen LogP contribution in [0.1, 0.15) is 220 Å². The smallest absolute Gasteiger partial charge is 0.0462 e. The second kappa shape index (κ2) is 25.7. The highest BCUT2D eigenvalue weighted by Gasteiger charge is 2.43. The molecule has 0 radical (unpaired) electrons. The van der Waals surface area contributed by atoms with Crippen molar-refractivity contribution in [1.29, 1.82) is 0 Å². The summed E-state index contributed by atoms with van der Waals surface area (Å²) < 4.78 is 0. The van der Waals surface area contributed by atoms with Crippen molar-refractivity contribution in [3.63, 3.8) is 0 Å². The molecule has 0 N–H and O–H groups in total. The normalized spacial score (nSPS) is 13.2. The van der Waals surface area contributed by atoms with Gasteiger partial charge in [-0.2, -0.15) is 0 Å². The third-order valence-electron chi connectivity index (χ3n) is 18.2. The Morgan fingerprint density at radius 1 is 0.265 bits per heavy atom. The zero-order chi connectivity index (χ0) is 59.2. The number of rotatable bonds is 22. The summed E-state index contributed by atoms with van der Waals surface area (Å²) in [6.07, 6.45) is 17.9. The number of benzene rings is 8. The maximum Gasteiger partial charge on any atom is 0.0462 e. The zero-order valence-electron chi connectivity index (χ0n) is 53.6. The van der Waals surface area contributed by atoms with Crippen molar-refractivity contribution in [3.8, 4) is 33.4 Å². The summed E-state index contributed by atoms with van der Waals surface area (Å²) in [6.45, 7) is 32.2. The second-order valence-electron chi connectivity index (χ2n) is 28.6. The molecule has 83 heavy (non-hydrogen) atoms. The van der Waals surface area contributed by atoms with Gasteiger partial charge in [0.2, 0.25) is 0 Å². The predicted octanol–water partition coefficient (Wildman–Crippen LogP) is 24.9. The largest absolute Gasteiger partial charge is 0.311 e. The lowest BCUT2D eigenvalue weighted by Crippen LogP contribution is -2.25. The van der Waals surface area contributed by atoms with E-state index in [1.807, 2.05) is 0 Å². The van der Waals surface area contributed by atoms with Crippen LogP contribution in [0.2, 0.25) is 0 Å². The first-order valence-electron chi connectivity index (χ1n) is 32.1. The molecule has 0 bridgehead atoms. The molecule has 2 heteroatoms. The Hall–Kier alpha value is -6.64. The molecule has 0 atom stereocenters. The van der Waals surface area contributed by atoms with E-state index in [4.69, 9.17) is 0 Å². The standard InChI is InChI=1S/C81H100N2/c1-15-17-19-21-23-25-55-81(56-26-24-22-20-18-16-2)75-57-61(59-27-41-67(42-28-59)82(69-45-33-63(34-46-69)77(3,4)5)70-47-35-64(36-48-70)78(6,7)8)31-53-73(75)74-54-32-62(58-76(74)81)60-29-43-68(44-30-60)83(71-49-37-65(38-50-71)79(9,10)11)72-51-39-66(40-52-72)80(12,13)14/h27-54,57-58H,15-26,55-56H2,1-14H3. The van der Waals surface area contributed by atoms with E-state index in [1.54, 1.807) is 0 Å². The van der Waals surface area contributed by atoms with Crippen molar-refractivity contribution >= 4 is 34.1 Å². The van der Waals surface area contributed by atoms with Crippen LogP contribution in [0.25, 0.3) is 33.4 Å². The monoisotopic (exact) mass is 1100 g/mol. The Bertz CT molecular complexity index is 3000. The number of fused-ring (bicyclic) bond motifs is 3. The van der Waals surface area contributed by atoms with Gasteiger partial charge in [-0.05, 0) is 186 Å². The van der Waals surface area contributed by atoms with Crippen LogP contribution in [0.15, 0.2) is 182 Å². The molecule has 0 saturated heterocycles. The molecule has 0 unspecified atom stereocenters. The third kappa shape index (κ3) is 14.1. The number of anilines is 6. The Kier molecular flexibility index (Phi) is 18.9. The van der Waals surface area contributed by atoms with E-state index in [9.17, 15) is 0 Å². The summed E-state index contributed by atoms with van der Waals surface area (Å²) in [7, 11) is 0. The minimum absolute atomic E-state index is 0.0729. The molecule has 0 amide bonds. The van der Waals surface area contributed by atoms with Gasteiger partial charge < -0.3 is 9.80 Å². The summed E-state index contributed by atoms with van der Waals surface area (Å²) in [4.78, 5) is 4.85. The first-order valence-corrected chi connectivity index (χ1v) is 32.1. The van der Waals surface area contributed by atoms with Crippen LogP contribution in [-0.4, -0.2) is 0 Å². The van der Waals surface area contributed by atoms with Gasteiger partial charge in [-0.1, -0.05) is 271 Å². The number of hydrogen-bond acceptors (Lipinski definition) is 2. The summed E-state index contributed by atoms with van der Waals surface area (Å²) in [5.74, 6) is 0. The zero-order valence-corrected chi connectivity index (χ0v) is 53.6. The fourth-order valence-corrected chi connectivity index (χ4v) is 12.9. The van der Waals surface area contributed by atoms with Gasteiger partial charge in [0.05, 0.1) is 0 Å². The summed E-state index contributed by atoms with van der Waals surface area (Å²) in [5, 5.41) is 0. The molecule has 0 aromatic heterocycles. The Morgan fingerprint density at radius 2 is 0.494 bits per heavy atom. The highest BCUT2D eigenvalue weighted by molar-refractivity contribution is 5.87. The Balaban J connectivity index is 1.10. The highest BCUT2D eigenvalue weighted by Crippen LogP contribution is 2.56.